The van der Waals surface area contributed by atoms with E-state index in [0.29, 0.717) is 12.2 Å². The standard InChI is InChI=1S/C10H16N4O2/c1-16-5-4-10(2-3-10)7-11-9(15)8-6-12-14-13-8/h6H,2-5,7H2,1H3,(H,11,15)(H,12,13,14). The van der Waals surface area contributed by atoms with Gasteiger partial charge >= 0.3 is 0 Å². The average molecular weight is 224 g/mol. The highest BCUT2D eigenvalue weighted by Gasteiger charge is 2.42. The van der Waals surface area contributed by atoms with Crippen LogP contribution in [0.25, 0.3) is 0 Å². The van der Waals surface area contributed by atoms with Crippen LogP contribution in [-0.4, -0.2) is 41.6 Å². The Bertz CT molecular complexity index is 346. The van der Waals surface area contributed by atoms with Crippen molar-refractivity contribution in [3.63, 3.8) is 0 Å². The molecule has 1 fully saturated rings. The Kier molecular flexibility index (Phi) is 3.19. The number of carbonyl (C=O) groups excluding carboxylic acids is 1. The lowest BCUT2D eigenvalue weighted by molar-refractivity contribution is 0.0933. The third kappa shape index (κ3) is 2.57. The Balaban J connectivity index is 1.77. The normalized spacial score (nSPS) is 17.1. The highest BCUT2D eigenvalue weighted by Crippen LogP contribution is 2.48. The molecule has 0 saturated heterocycles. The molecule has 0 radical (unpaired) electrons. The summed E-state index contributed by atoms with van der Waals surface area (Å²) in [7, 11) is 1.70. The molecule has 6 heteroatoms. The Morgan fingerprint density at radius 2 is 2.50 bits per heavy atom. The van der Waals surface area contributed by atoms with Crippen LogP contribution in [0.2, 0.25) is 0 Å². The minimum absolute atomic E-state index is 0.169. The molecule has 2 N–H and O–H groups in total. The Morgan fingerprint density at radius 3 is 3.06 bits per heavy atom. The van der Waals surface area contributed by atoms with Gasteiger partial charge in [-0.05, 0) is 24.7 Å². The smallest absolute Gasteiger partial charge is 0.273 e. The molecule has 1 aliphatic rings. The zero-order chi connectivity index (χ0) is 11.4. The second kappa shape index (κ2) is 4.61. The molecule has 1 aromatic heterocycles. The second-order valence-corrected chi connectivity index (χ2v) is 4.28. The monoisotopic (exact) mass is 224 g/mol. The minimum Gasteiger partial charge on any atom is -0.385 e. The van der Waals surface area contributed by atoms with E-state index in [1.807, 2.05) is 0 Å². The molecular formula is C10H16N4O2. The first-order valence-corrected chi connectivity index (χ1v) is 5.39. The predicted molar refractivity (Wildman–Crippen MR) is 56.9 cm³/mol. The van der Waals surface area contributed by atoms with Crippen LogP contribution in [0.15, 0.2) is 6.20 Å². The number of carbonyl (C=O) groups is 1. The summed E-state index contributed by atoms with van der Waals surface area (Å²) in [5, 5.41) is 12.6. The van der Waals surface area contributed by atoms with Crippen molar-refractivity contribution in [3.8, 4) is 0 Å². The zero-order valence-electron chi connectivity index (χ0n) is 9.32. The van der Waals surface area contributed by atoms with Gasteiger partial charge in [-0.3, -0.25) is 4.79 Å². The number of hydrogen-bond acceptors (Lipinski definition) is 4. The highest BCUT2D eigenvalue weighted by molar-refractivity contribution is 5.91. The third-order valence-electron chi connectivity index (χ3n) is 3.07. The van der Waals surface area contributed by atoms with Crippen LogP contribution in [0.4, 0.5) is 0 Å². The number of hydrogen-bond donors (Lipinski definition) is 2. The number of methoxy groups -OCH3 is 1. The van der Waals surface area contributed by atoms with Crippen LogP contribution < -0.4 is 5.32 Å². The summed E-state index contributed by atoms with van der Waals surface area (Å²) < 4.78 is 5.06. The lowest BCUT2D eigenvalue weighted by Crippen LogP contribution is -2.31. The van der Waals surface area contributed by atoms with Gasteiger partial charge in [-0.1, -0.05) is 0 Å². The molecule has 0 aromatic carbocycles. The topological polar surface area (TPSA) is 79.9 Å². The third-order valence-corrected chi connectivity index (χ3v) is 3.07. The molecule has 0 spiro atoms. The SMILES string of the molecule is COCCC1(CNC(=O)c2cn[nH]n2)CC1. The van der Waals surface area contributed by atoms with E-state index in [4.69, 9.17) is 4.74 Å². The summed E-state index contributed by atoms with van der Waals surface area (Å²) in [5.41, 5.74) is 0.595. The number of H-pyrrole nitrogens is 1. The number of nitrogens with zero attached hydrogens (tertiary/aromatic N) is 2. The van der Waals surface area contributed by atoms with Gasteiger partial charge < -0.3 is 10.1 Å². The van der Waals surface area contributed by atoms with E-state index >= 15 is 0 Å². The molecule has 1 saturated carbocycles. The van der Waals surface area contributed by atoms with E-state index in [1.165, 1.54) is 6.20 Å². The van der Waals surface area contributed by atoms with Crippen LogP contribution in [-0.2, 0) is 4.74 Å². The van der Waals surface area contributed by atoms with Gasteiger partial charge in [0.15, 0.2) is 5.69 Å². The summed E-state index contributed by atoms with van der Waals surface area (Å²) in [4.78, 5) is 11.6. The lowest BCUT2D eigenvalue weighted by Gasteiger charge is -2.14. The molecule has 0 bridgehead atoms. The van der Waals surface area contributed by atoms with Gasteiger partial charge in [-0.2, -0.15) is 15.4 Å². The van der Waals surface area contributed by atoms with Crippen molar-refractivity contribution < 1.29 is 9.53 Å². The predicted octanol–water partition coefficient (Wildman–Crippen LogP) is 0.351. The van der Waals surface area contributed by atoms with Gasteiger partial charge in [0, 0.05) is 20.3 Å². The fourth-order valence-corrected chi connectivity index (χ4v) is 1.68. The quantitative estimate of drug-likeness (QED) is 0.730. The molecule has 1 amide bonds. The van der Waals surface area contributed by atoms with E-state index in [0.717, 1.165) is 25.9 Å². The van der Waals surface area contributed by atoms with Crippen LogP contribution in [0.5, 0.6) is 0 Å². The maximum Gasteiger partial charge on any atom is 0.273 e. The molecular weight excluding hydrogens is 208 g/mol. The van der Waals surface area contributed by atoms with Crippen LogP contribution >= 0.6 is 0 Å². The van der Waals surface area contributed by atoms with Gasteiger partial charge in [0.1, 0.15) is 0 Å². The van der Waals surface area contributed by atoms with Gasteiger partial charge in [-0.25, -0.2) is 0 Å². The summed E-state index contributed by atoms with van der Waals surface area (Å²) >= 11 is 0. The molecule has 88 valence electrons. The van der Waals surface area contributed by atoms with Gasteiger partial charge in [0.05, 0.1) is 6.20 Å². The molecule has 6 nitrogen and oxygen atoms in total. The first-order valence-electron chi connectivity index (χ1n) is 5.39. The van der Waals surface area contributed by atoms with E-state index in [2.05, 4.69) is 20.7 Å². The molecule has 1 aliphatic carbocycles. The zero-order valence-corrected chi connectivity index (χ0v) is 9.32. The molecule has 16 heavy (non-hydrogen) atoms. The van der Waals surface area contributed by atoms with Crippen molar-refractivity contribution in [2.24, 2.45) is 5.41 Å². The molecule has 0 unspecified atom stereocenters. The highest BCUT2D eigenvalue weighted by atomic mass is 16.5. The summed E-state index contributed by atoms with van der Waals surface area (Å²) in [6.45, 7) is 1.45. The Labute approximate surface area is 93.8 Å². The van der Waals surface area contributed by atoms with Crippen LogP contribution in [0, 0.1) is 5.41 Å². The Morgan fingerprint density at radius 1 is 1.69 bits per heavy atom. The number of nitrogens with one attached hydrogen (secondary N) is 2. The minimum atomic E-state index is -0.169. The lowest BCUT2D eigenvalue weighted by atomic mass is 10.0. The fourth-order valence-electron chi connectivity index (χ4n) is 1.68. The average Bonchev–Trinajstić information content (AvgIpc) is 2.85. The van der Waals surface area contributed by atoms with Crippen molar-refractivity contribution in [2.45, 2.75) is 19.3 Å². The van der Waals surface area contributed by atoms with Crippen molar-refractivity contribution in [1.82, 2.24) is 20.7 Å². The van der Waals surface area contributed by atoms with Gasteiger partial charge in [-0.15, -0.1) is 0 Å². The first kappa shape index (κ1) is 11.1. The van der Waals surface area contributed by atoms with Gasteiger partial charge in [0.2, 0.25) is 0 Å². The molecule has 0 atom stereocenters. The van der Waals surface area contributed by atoms with E-state index in [1.54, 1.807) is 7.11 Å². The Hall–Kier alpha value is -1.43. The molecule has 0 aliphatic heterocycles. The summed E-state index contributed by atoms with van der Waals surface area (Å²) in [6.07, 6.45) is 4.75. The number of ether oxygens (including phenoxy) is 1. The van der Waals surface area contributed by atoms with E-state index in [9.17, 15) is 4.79 Å². The van der Waals surface area contributed by atoms with E-state index in [-0.39, 0.29) is 11.3 Å². The largest absolute Gasteiger partial charge is 0.385 e. The molecule has 1 heterocycles. The van der Waals surface area contributed by atoms with Crippen LogP contribution in [0.3, 0.4) is 0 Å². The maximum atomic E-state index is 11.6. The van der Waals surface area contributed by atoms with Crippen molar-refractivity contribution in [1.29, 1.82) is 0 Å². The van der Waals surface area contributed by atoms with Crippen LogP contribution in [0.1, 0.15) is 29.8 Å². The first-order chi connectivity index (χ1) is 7.76. The van der Waals surface area contributed by atoms with E-state index < -0.39 is 0 Å². The summed E-state index contributed by atoms with van der Waals surface area (Å²) in [5.74, 6) is -0.169. The van der Waals surface area contributed by atoms with Crippen molar-refractivity contribution in [2.75, 3.05) is 20.3 Å². The molecule has 2 rings (SSSR count). The number of aromatic amines is 1. The van der Waals surface area contributed by atoms with Crippen molar-refractivity contribution >= 4 is 5.91 Å². The number of aromatic nitrogens is 3. The maximum absolute atomic E-state index is 11.6. The number of amides is 1. The van der Waals surface area contributed by atoms with Gasteiger partial charge in [0.25, 0.3) is 5.91 Å². The number of rotatable bonds is 6. The summed E-state index contributed by atoms with van der Waals surface area (Å²) in [6, 6.07) is 0. The van der Waals surface area contributed by atoms with Crippen molar-refractivity contribution in [3.05, 3.63) is 11.9 Å². The second-order valence-electron chi connectivity index (χ2n) is 4.28. The molecule has 1 aromatic rings. The fraction of sp³-hybridized carbons (Fsp3) is 0.700.